The number of hydrogen-bond donors (Lipinski definition) is 1. The second-order valence-electron chi connectivity index (χ2n) is 19.8. The van der Waals surface area contributed by atoms with Gasteiger partial charge in [0.1, 0.15) is 16.9 Å². The predicted octanol–water partition coefficient (Wildman–Crippen LogP) is 8.82. The predicted molar refractivity (Wildman–Crippen MR) is 235 cm³/mol. The number of benzene rings is 2. The Labute approximate surface area is 358 Å². The van der Waals surface area contributed by atoms with Crippen LogP contribution in [0, 0.1) is 11.2 Å². The topological polar surface area (TPSA) is 116 Å². The number of piperidine rings is 3. The minimum atomic E-state index is -0.729. The zero-order valence-corrected chi connectivity index (χ0v) is 36.7. The van der Waals surface area contributed by atoms with Crippen molar-refractivity contribution in [3.63, 3.8) is 0 Å². The van der Waals surface area contributed by atoms with Gasteiger partial charge in [-0.05, 0) is 129 Å². The van der Waals surface area contributed by atoms with Gasteiger partial charge in [0.05, 0.1) is 28.6 Å². The Bertz CT molecular complexity index is 2320. The molecule has 1 spiro atoms. The number of para-hydroxylation sites is 1. The van der Waals surface area contributed by atoms with Crippen LogP contribution in [-0.4, -0.2) is 104 Å². The molecule has 3 saturated heterocycles. The van der Waals surface area contributed by atoms with Gasteiger partial charge in [-0.1, -0.05) is 37.6 Å². The summed E-state index contributed by atoms with van der Waals surface area (Å²) in [6, 6.07) is 15.6. The quantitative estimate of drug-likeness (QED) is 0.197. The first-order valence-electron chi connectivity index (χ1n) is 22.5. The Balaban J connectivity index is 1.01. The van der Waals surface area contributed by atoms with Crippen LogP contribution in [0.5, 0.6) is 0 Å². The number of hydrogen-bond acceptors (Lipinski definition) is 8. The van der Waals surface area contributed by atoms with Gasteiger partial charge < -0.3 is 34.2 Å². The molecule has 2 aromatic carbocycles. The molecule has 9 rings (SSSR count). The van der Waals surface area contributed by atoms with Crippen molar-refractivity contribution >= 4 is 46.1 Å². The number of fused-ring (bicyclic) bond motifs is 3. The molecule has 1 aliphatic carbocycles. The van der Waals surface area contributed by atoms with Gasteiger partial charge in [0.25, 0.3) is 0 Å². The lowest BCUT2D eigenvalue weighted by molar-refractivity contribution is -0.147. The second kappa shape index (κ2) is 15.7. The summed E-state index contributed by atoms with van der Waals surface area (Å²) in [5.74, 6) is 0.392. The van der Waals surface area contributed by atoms with E-state index in [1.807, 2.05) is 43.2 Å². The highest BCUT2D eigenvalue weighted by Gasteiger charge is 2.56. The molecule has 6 heterocycles. The molecule has 3 amide bonds. The summed E-state index contributed by atoms with van der Waals surface area (Å²) in [6.07, 6.45) is 9.36. The van der Waals surface area contributed by atoms with E-state index in [1.54, 1.807) is 29.4 Å². The average molecular weight is 833 g/mol. The third kappa shape index (κ3) is 7.54. The number of nitrogens with zero attached hydrogens (tertiary/aromatic N) is 7. The fourth-order valence-corrected chi connectivity index (χ4v) is 10.5. The van der Waals surface area contributed by atoms with Gasteiger partial charge in [-0.25, -0.2) is 19.2 Å². The molecule has 1 N–H and O–H groups in total. The Hall–Kier alpha value is -5.04. The van der Waals surface area contributed by atoms with Crippen molar-refractivity contribution in [3.05, 3.63) is 66.2 Å². The lowest BCUT2D eigenvalue weighted by Crippen LogP contribution is -2.59. The largest absolute Gasteiger partial charge is 0.444 e. The van der Waals surface area contributed by atoms with Crippen LogP contribution < -0.4 is 10.2 Å². The van der Waals surface area contributed by atoms with Crippen molar-refractivity contribution in [2.24, 2.45) is 5.41 Å². The van der Waals surface area contributed by atoms with Crippen molar-refractivity contribution in [3.8, 4) is 11.3 Å². The van der Waals surface area contributed by atoms with E-state index in [0.29, 0.717) is 75.1 Å². The molecule has 13 heteroatoms. The summed E-state index contributed by atoms with van der Waals surface area (Å²) in [5, 5.41) is 3.28. The zero-order chi connectivity index (χ0) is 42.8. The monoisotopic (exact) mass is 832 g/mol. The number of likely N-dealkylation sites (tertiary alicyclic amines) is 3. The van der Waals surface area contributed by atoms with E-state index in [9.17, 15) is 9.59 Å². The highest BCUT2D eigenvalue weighted by Crippen LogP contribution is 2.53. The van der Waals surface area contributed by atoms with Crippen LogP contribution in [0.4, 0.5) is 26.4 Å². The Morgan fingerprint density at radius 3 is 2.25 bits per heavy atom. The molecule has 12 nitrogen and oxygen atoms in total. The number of rotatable bonds is 7. The maximum absolute atomic E-state index is 15.2. The molecular weight excluding hydrogens is 772 g/mol. The van der Waals surface area contributed by atoms with Gasteiger partial charge in [0.15, 0.2) is 5.82 Å². The van der Waals surface area contributed by atoms with Crippen LogP contribution in [0.25, 0.3) is 22.3 Å². The third-order valence-electron chi connectivity index (χ3n) is 14.2. The fraction of sp³-hybridized carbons (Fsp3) is 0.562. The number of imidazole rings is 1. The van der Waals surface area contributed by atoms with Gasteiger partial charge in [-0.3, -0.25) is 9.59 Å². The van der Waals surface area contributed by atoms with Crippen molar-refractivity contribution in [2.75, 3.05) is 49.5 Å². The average Bonchev–Trinajstić information content (AvgIpc) is 3.76. The summed E-state index contributed by atoms with van der Waals surface area (Å²) >= 11 is 0. The fourth-order valence-electron chi connectivity index (χ4n) is 10.5. The van der Waals surface area contributed by atoms with Crippen LogP contribution in [0.15, 0.2) is 54.9 Å². The number of nitrogens with one attached hydrogen (secondary N) is 1. The van der Waals surface area contributed by atoms with E-state index in [1.165, 1.54) is 25.3 Å². The number of halogens is 1. The van der Waals surface area contributed by atoms with Gasteiger partial charge in [0, 0.05) is 61.0 Å². The van der Waals surface area contributed by atoms with E-state index < -0.39 is 16.4 Å². The van der Waals surface area contributed by atoms with E-state index >= 15 is 9.18 Å². The summed E-state index contributed by atoms with van der Waals surface area (Å²) in [5.41, 5.74) is 3.48. The number of carbonyl (C=O) groups excluding carboxylic acids is 3. The number of anilines is 3. The number of ether oxygens (including phenoxy) is 1. The lowest BCUT2D eigenvalue weighted by Gasteiger charge is -2.48. The van der Waals surface area contributed by atoms with E-state index in [0.717, 1.165) is 53.8 Å². The van der Waals surface area contributed by atoms with Gasteiger partial charge >= 0.3 is 6.09 Å². The molecule has 4 fully saturated rings. The highest BCUT2D eigenvalue weighted by molar-refractivity contribution is 6.09. The Kier molecular flexibility index (Phi) is 10.6. The van der Waals surface area contributed by atoms with Crippen molar-refractivity contribution in [1.82, 2.24) is 29.2 Å². The lowest BCUT2D eigenvalue weighted by atomic mass is 9.72. The van der Waals surface area contributed by atoms with Gasteiger partial charge in [0.2, 0.25) is 11.8 Å². The maximum atomic E-state index is 15.2. The van der Waals surface area contributed by atoms with Crippen LogP contribution in [0.1, 0.15) is 111 Å². The van der Waals surface area contributed by atoms with E-state index in [4.69, 9.17) is 14.7 Å². The molecule has 61 heavy (non-hydrogen) atoms. The van der Waals surface area contributed by atoms with Crippen molar-refractivity contribution in [1.29, 1.82) is 0 Å². The smallest absolute Gasteiger partial charge is 0.410 e. The SMILES string of the molecule is CC(C)n1cnc2cc(-c3ccc4c(c3)N(C3CC(N5CCCCC5)C3)C(=O)C43CCN(C(=O)C4(C)CCN(C(=O)OC(C)(C)C)CC4)CC3)nc(Nc3ccccc3F)c21. The first-order chi connectivity index (χ1) is 29.1. The molecule has 0 radical (unpaired) electrons. The zero-order valence-electron chi connectivity index (χ0n) is 36.7. The third-order valence-corrected chi connectivity index (χ3v) is 14.2. The molecule has 0 bridgehead atoms. The molecule has 0 atom stereocenters. The van der Waals surface area contributed by atoms with Crippen molar-refractivity contribution < 1.29 is 23.5 Å². The van der Waals surface area contributed by atoms with Gasteiger partial charge in [-0.15, -0.1) is 0 Å². The molecule has 4 aliphatic heterocycles. The summed E-state index contributed by atoms with van der Waals surface area (Å²) in [4.78, 5) is 60.5. The highest BCUT2D eigenvalue weighted by atomic mass is 19.1. The molecule has 1 saturated carbocycles. The first-order valence-corrected chi connectivity index (χ1v) is 22.5. The molecule has 2 aromatic heterocycles. The summed E-state index contributed by atoms with van der Waals surface area (Å²) < 4.78 is 22.7. The summed E-state index contributed by atoms with van der Waals surface area (Å²) in [6.45, 7) is 16.0. The number of pyridine rings is 1. The van der Waals surface area contributed by atoms with E-state index in [-0.39, 0.29) is 35.8 Å². The second-order valence-corrected chi connectivity index (χ2v) is 19.8. The van der Waals surface area contributed by atoms with E-state index in [2.05, 4.69) is 47.2 Å². The number of carbonyl (C=O) groups is 3. The molecule has 0 unspecified atom stereocenters. The molecule has 4 aromatic rings. The minimum absolute atomic E-state index is 0.0944. The van der Waals surface area contributed by atoms with Gasteiger partial charge in [-0.2, -0.15) is 0 Å². The van der Waals surface area contributed by atoms with Crippen molar-refractivity contribution in [2.45, 2.75) is 128 Å². The van der Waals surface area contributed by atoms with Crippen LogP contribution in [0.3, 0.4) is 0 Å². The first kappa shape index (κ1) is 41.3. The normalized spacial score (nSPS) is 22.8. The Morgan fingerprint density at radius 2 is 1.57 bits per heavy atom. The molecular formula is C48H61FN8O4. The van der Waals surface area contributed by atoms with Crippen LogP contribution in [0.2, 0.25) is 0 Å². The number of amides is 3. The molecule has 5 aliphatic rings. The number of aromatic nitrogens is 3. The molecule has 324 valence electrons. The van der Waals surface area contributed by atoms with Crippen LogP contribution in [-0.2, 0) is 19.7 Å². The maximum Gasteiger partial charge on any atom is 0.410 e. The minimum Gasteiger partial charge on any atom is -0.444 e. The van der Waals surface area contributed by atoms with Crippen LogP contribution >= 0.6 is 0 Å². The standard InChI is InChI=1S/C48H61FN8O4/c1-31(2)56-30-50-39-29-38(52-42(41(39)56)51-37-13-9-8-12-36(37)49)32-14-15-35-40(26-32)57(34-27-33(28-34)53-20-10-7-11-21-53)44(59)48(35)18-24-54(25-19-48)43(58)47(6)16-22-55(23-17-47)45(60)61-46(3,4)5/h8-9,12-15,26,29-31,33-34H,7,10-11,16-25,27-28H2,1-6H3,(H,51,52). The Morgan fingerprint density at radius 1 is 0.885 bits per heavy atom. The summed E-state index contributed by atoms with van der Waals surface area (Å²) in [7, 11) is 0.